The molecule has 0 unspecified atom stereocenters. The zero-order valence-corrected chi connectivity index (χ0v) is 15.7. The molecule has 1 aliphatic carbocycles. The van der Waals surface area contributed by atoms with Crippen LogP contribution in [-0.4, -0.2) is 56.7 Å². The predicted molar refractivity (Wildman–Crippen MR) is 97.1 cm³/mol. The zero-order valence-electron chi connectivity index (χ0n) is 14.9. The van der Waals surface area contributed by atoms with Gasteiger partial charge < -0.3 is 4.90 Å². The zero-order chi connectivity index (χ0) is 17.4. The maximum absolute atomic E-state index is 12.5. The molecule has 1 saturated carbocycles. The maximum atomic E-state index is 12.5. The molecule has 2 aromatic heterocycles. The molecule has 0 aromatic carbocycles. The maximum Gasteiger partial charge on any atom is 0.228 e. The summed E-state index contributed by atoms with van der Waals surface area (Å²) in [6, 6.07) is 2.57. The standard InChI is InChI=1S/C18H25N5OS/c1-21(13-16-19-6-10-25-16)15-12-18(15)4-8-23(9-5-18)17(24)11-14-3-7-22(2)20-14/h3,6-7,10,15H,4-5,8-9,11-13H2,1-2H3/t15-/m1/s1. The first-order valence-corrected chi connectivity index (χ1v) is 9.79. The third-order valence-corrected chi connectivity index (χ3v) is 6.52. The van der Waals surface area contributed by atoms with Crippen LogP contribution in [0.25, 0.3) is 0 Å². The molecule has 4 rings (SSSR count). The van der Waals surface area contributed by atoms with Gasteiger partial charge in [0.25, 0.3) is 0 Å². The molecule has 0 N–H and O–H groups in total. The van der Waals surface area contributed by atoms with Crippen LogP contribution in [0.1, 0.15) is 30.0 Å². The number of carbonyl (C=O) groups excluding carboxylic acids is 1. The van der Waals surface area contributed by atoms with Crippen molar-refractivity contribution in [2.75, 3.05) is 20.1 Å². The second-order valence-electron chi connectivity index (χ2n) is 7.46. The van der Waals surface area contributed by atoms with Crippen molar-refractivity contribution in [1.29, 1.82) is 0 Å². The van der Waals surface area contributed by atoms with Crippen LogP contribution in [0.5, 0.6) is 0 Å². The molecule has 7 heteroatoms. The molecular weight excluding hydrogens is 334 g/mol. The van der Waals surface area contributed by atoms with Crippen LogP contribution in [0.3, 0.4) is 0 Å². The number of nitrogens with zero attached hydrogens (tertiary/aromatic N) is 5. The van der Waals surface area contributed by atoms with Crippen LogP contribution in [0.15, 0.2) is 23.8 Å². The van der Waals surface area contributed by atoms with E-state index >= 15 is 0 Å². The fraction of sp³-hybridized carbons (Fsp3) is 0.611. The Bertz CT molecular complexity index is 732. The lowest BCUT2D eigenvalue weighted by Gasteiger charge is -2.34. The summed E-state index contributed by atoms with van der Waals surface area (Å²) in [6.45, 7) is 2.70. The van der Waals surface area contributed by atoms with Gasteiger partial charge in [-0.25, -0.2) is 4.98 Å². The fourth-order valence-corrected chi connectivity index (χ4v) is 4.85. The molecule has 0 radical (unpaired) electrons. The number of hydrogen-bond donors (Lipinski definition) is 0. The summed E-state index contributed by atoms with van der Waals surface area (Å²) in [4.78, 5) is 21.4. The van der Waals surface area contributed by atoms with Crippen LogP contribution in [-0.2, 0) is 24.8 Å². The number of aryl methyl sites for hydroxylation is 1. The van der Waals surface area contributed by atoms with E-state index in [4.69, 9.17) is 0 Å². The topological polar surface area (TPSA) is 54.3 Å². The summed E-state index contributed by atoms with van der Waals surface area (Å²) in [5.41, 5.74) is 1.29. The molecule has 1 spiro atoms. The van der Waals surface area contributed by atoms with Gasteiger partial charge >= 0.3 is 0 Å². The molecule has 6 nitrogen and oxygen atoms in total. The van der Waals surface area contributed by atoms with Crippen molar-refractivity contribution in [3.63, 3.8) is 0 Å². The highest BCUT2D eigenvalue weighted by molar-refractivity contribution is 7.09. The summed E-state index contributed by atoms with van der Waals surface area (Å²) in [5.74, 6) is 0.210. The third-order valence-electron chi connectivity index (χ3n) is 5.76. The van der Waals surface area contributed by atoms with Crippen LogP contribution < -0.4 is 0 Å². The number of hydrogen-bond acceptors (Lipinski definition) is 5. The minimum Gasteiger partial charge on any atom is -0.342 e. The molecule has 2 fully saturated rings. The van der Waals surface area contributed by atoms with E-state index in [0.717, 1.165) is 38.2 Å². The van der Waals surface area contributed by atoms with Crippen LogP contribution in [0.2, 0.25) is 0 Å². The summed E-state index contributed by atoms with van der Waals surface area (Å²) in [5, 5.41) is 7.54. The lowest BCUT2D eigenvalue weighted by molar-refractivity contribution is -0.132. The Morgan fingerprint density at radius 3 is 2.88 bits per heavy atom. The van der Waals surface area contributed by atoms with E-state index < -0.39 is 0 Å². The monoisotopic (exact) mass is 359 g/mol. The minimum absolute atomic E-state index is 0.210. The molecule has 3 heterocycles. The van der Waals surface area contributed by atoms with Crippen LogP contribution in [0.4, 0.5) is 0 Å². The molecule has 1 amide bonds. The SMILES string of the molecule is CN(Cc1nccs1)[C@@H]1CC12CCN(C(=O)Cc1ccn(C)n1)CC2. The summed E-state index contributed by atoms with van der Waals surface area (Å²) in [6.07, 6.45) is 7.68. The largest absolute Gasteiger partial charge is 0.342 e. The smallest absolute Gasteiger partial charge is 0.228 e. The Morgan fingerprint density at radius 1 is 1.44 bits per heavy atom. The molecule has 2 aliphatic rings. The van der Waals surface area contributed by atoms with Crippen molar-refractivity contribution in [3.8, 4) is 0 Å². The lowest BCUT2D eigenvalue weighted by Crippen LogP contribution is -2.42. The number of rotatable bonds is 5. The van der Waals surface area contributed by atoms with Crippen molar-refractivity contribution < 1.29 is 4.79 Å². The number of aromatic nitrogens is 3. The fourth-order valence-electron chi connectivity index (χ4n) is 4.17. The van der Waals surface area contributed by atoms with E-state index in [2.05, 4.69) is 22.0 Å². The number of amides is 1. The Morgan fingerprint density at radius 2 is 2.24 bits per heavy atom. The Kier molecular flexibility index (Phi) is 4.37. The quantitative estimate of drug-likeness (QED) is 0.819. The highest BCUT2D eigenvalue weighted by atomic mass is 32.1. The van der Waals surface area contributed by atoms with Gasteiger partial charge in [0.2, 0.25) is 5.91 Å². The van der Waals surface area contributed by atoms with Gasteiger partial charge in [-0.05, 0) is 37.8 Å². The number of piperidine rings is 1. The predicted octanol–water partition coefficient (Wildman–Crippen LogP) is 1.93. The number of likely N-dealkylation sites (tertiary alicyclic amines) is 1. The van der Waals surface area contributed by atoms with E-state index in [1.807, 2.05) is 35.8 Å². The van der Waals surface area contributed by atoms with Crippen molar-refractivity contribution in [1.82, 2.24) is 24.6 Å². The minimum atomic E-state index is 0.210. The van der Waals surface area contributed by atoms with Gasteiger partial charge in [0, 0.05) is 44.0 Å². The molecule has 0 bridgehead atoms. The Labute approximate surface area is 152 Å². The number of carbonyl (C=O) groups is 1. The second-order valence-corrected chi connectivity index (χ2v) is 8.44. The van der Waals surface area contributed by atoms with Gasteiger partial charge in [0.1, 0.15) is 5.01 Å². The van der Waals surface area contributed by atoms with Crippen LogP contribution in [0, 0.1) is 5.41 Å². The summed E-state index contributed by atoms with van der Waals surface area (Å²) >= 11 is 1.73. The van der Waals surface area contributed by atoms with Crippen molar-refractivity contribution in [3.05, 3.63) is 34.5 Å². The van der Waals surface area contributed by atoms with E-state index in [1.165, 1.54) is 11.4 Å². The van der Waals surface area contributed by atoms with Crippen molar-refractivity contribution >= 4 is 17.2 Å². The molecule has 2 aromatic rings. The number of thiazole rings is 1. The first kappa shape index (κ1) is 16.7. The van der Waals surface area contributed by atoms with Gasteiger partial charge in [-0.3, -0.25) is 14.4 Å². The van der Waals surface area contributed by atoms with Gasteiger partial charge in [0.15, 0.2) is 0 Å². The first-order valence-electron chi connectivity index (χ1n) is 8.91. The van der Waals surface area contributed by atoms with Gasteiger partial charge in [0.05, 0.1) is 18.7 Å². The molecule has 25 heavy (non-hydrogen) atoms. The molecule has 1 saturated heterocycles. The lowest BCUT2D eigenvalue weighted by atomic mass is 9.92. The highest BCUT2D eigenvalue weighted by Gasteiger charge is 2.56. The van der Waals surface area contributed by atoms with Crippen molar-refractivity contribution in [2.24, 2.45) is 12.5 Å². The van der Waals surface area contributed by atoms with E-state index in [0.29, 0.717) is 17.9 Å². The van der Waals surface area contributed by atoms with Crippen LogP contribution >= 0.6 is 11.3 Å². The molecular formula is C18H25N5OS. The molecule has 134 valence electrons. The highest BCUT2D eigenvalue weighted by Crippen LogP contribution is 2.56. The molecule has 1 aliphatic heterocycles. The average Bonchev–Trinajstić information content (AvgIpc) is 2.92. The normalized spacial score (nSPS) is 21.9. The van der Waals surface area contributed by atoms with E-state index in [-0.39, 0.29) is 5.91 Å². The second kappa shape index (κ2) is 6.53. The van der Waals surface area contributed by atoms with Gasteiger partial charge in [-0.15, -0.1) is 11.3 Å². The summed E-state index contributed by atoms with van der Waals surface area (Å²) < 4.78 is 1.75. The van der Waals surface area contributed by atoms with Gasteiger partial charge in [-0.2, -0.15) is 5.10 Å². The van der Waals surface area contributed by atoms with E-state index in [1.54, 1.807) is 16.0 Å². The third kappa shape index (κ3) is 3.48. The van der Waals surface area contributed by atoms with Gasteiger partial charge in [-0.1, -0.05) is 0 Å². The summed E-state index contributed by atoms with van der Waals surface area (Å²) in [7, 11) is 4.09. The Balaban J connectivity index is 1.28. The van der Waals surface area contributed by atoms with E-state index in [9.17, 15) is 4.79 Å². The van der Waals surface area contributed by atoms with Crippen molar-refractivity contribution in [2.45, 2.75) is 38.3 Å². The average molecular weight is 359 g/mol. The molecule has 1 atom stereocenters. The Hall–Kier alpha value is -1.73. The first-order chi connectivity index (χ1) is 12.1.